The van der Waals surface area contributed by atoms with E-state index in [2.05, 4.69) is 0 Å². The van der Waals surface area contributed by atoms with E-state index in [-0.39, 0.29) is 19.2 Å². The summed E-state index contributed by atoms with van der Waals surface area (Å²) in [6, 6.07) is -0.225. The van der Waals surface area contributed by atoms with Gasteiger partial charge in [-0.1, -0.05) is 0 Å². The highest BCUT2D eigenvalue weighted by Gasteiger charge is 2.24. The molecule has 0 aromatic carbocycles. The average molecular weight is 195 g/mol. The van der Waals surface area contributed by atoms with Crippen molar-refractivity contribution >= 4 is 5.91 Å². The Hall–Kier alpha value is -0.710. The van der Waals surface area contributed by atoms with E-state index in [0.717, 1.165) is 4.90 Å². The van der Waals surface area contributed by atoms with Crippen LogP contribution in [0.1, 0.15) is 13.8 Å². The molecule has 0 aromatic heterocycles. The van der Waals surface area contributed by atoms with E-state index in [1.165, 1.54) is 7.11 Å². The summed E-state index contributed by atoms with van der Waals surface area (Å²) in [6.45, 7) is 3.86. The second kappa shape index (κ2) is 5.85. The van der Waals surface area contributed by atoms with Crippen LogP contribution in [0.5, 0.6) is 0 Å². The van der Waals surface area contributed by atoms with Crippen LogP contribution in [-0.4, -0.2) is 43.5 Å². The minimum atomic E-state index is -2.93. The van der Waals surface area contributed by atoms with Crippen LogP contribution < -0.4 is 0 Å². The molecular formula is C8H15F2NO2. The maximum absolute atomic E-state index is 12.0. The topological polar surface area (TPSA) is 29.5 Å². The highest BCUT2D eigenvalue weighted by molar-refractivity contribution is 5.79. The molecule has 5 heteroatoms. The van der Waals surface area contributed by atoms with E-state index in [4.69, 9.17) is 4.74 Å². The van der Waals surface area contributed by atoms with Gasteiger partial charge in [-0.2, -0.15) is 8.78 Å². The van der Waals surface area contributed by atoms with Crippen LogP contribution in [-0.2, 0) is 9.53 Å². The van der Waals surface area contributed by atoms with E-state index in [1.807, 2.05) is 0 Å². The van der Waals surface area contributed by atoms with Crippen molar-refractivity contribution in [3.63, 3.8) is 0 Å². The number of carbonyl (C=O) groups excluding carboxylic acids is 1. The molecular weight excluding hydrogens is 180 g/mol. The molecule has 0 saturated carbocycles. The highest BCUT2D eigenvalue weighted by atomic mass is 19.3. The van der Waals surface area contributed by atoms with Crippen LogP contribution in [0.3, 0.4) is 0 Å². The molecule has 0 unspecified atom stereocenters. The predicted octanol–water partition coefficient (Wildman–Crippen LogP) is 1.13. The van der Waals surface area contributed by atoms with Crippen molar-refractivity contribution in [2.45, 2.75) is 26.3 Å². The third kappa shape index (κ3) is 4.17. The standard InChI is InChI=1S/C8H15F2NO2/c1-6(2)11(4-5-13-3)8(12)7(9)10/h6-7H,4-5H2,1-3H3. The summed E-state index contributed by atoms with van der Waals surface area (Å²) in [4.78, 5) is 12.0. The lowest BCUT2D eigenvalue weighted by molar-refractivity contribution is -0.145. The molecule has 0 radical (unpaired) electrons. The molecule has 0 aliphatic heterocycles. The van der Waals surface area contributed by atoms with Gasteiger partial charge < -0.3 is 9.64 Å². The first-order valence-corrected chi connectivity index (χ1v) is 4.08. The Morgan fingerprint density at radius 1 is 1.46 bits per heavy atom. The minimum absolute atomic E-state index is 0.206. The number of carbonyl (C=O) groups is 1. The van der Waals surface area contributed by atoms with Gasteiger partial charge in [-0.25, -0.2) is 0 Å². The Kier molecular flexibility index (Phi) is 5.53. The number of rotatable bonds is 5. The van der Waals surface area contributed by atoms with E-state index in [9.17, 15) is 13.6 Å². The minimum Gasteiger partial charge on any atom is -0.383 e. The Balaban J connectivity index is 4.16. The molecule has 0 aliphatic carbocycles. The fourth-order valence-electron chi connectivity index (χ4n) is 0.938. The largest absolute Gasteiger partial charge is 0.383 e. The van der Waals surface area contributed by atoms with Gasteiger partial charge in [0.2, 0.25) is 0 Å². The number of hydrogen-bond donors (Lipinski definition) is 0. The zero-order valence-electron chi connectivity index (χ0n) is 8.09. The number of methoxy groups -OCH3 is 1. The monoisotopic (exact) mass is 195 g/mol. The number of amides is 1. The zero-order chi connectivity index (χ0) is 10.4. The highest BCUT2D eigenvalue weighted by Crippen LogP contribution is 2.05. The molecule has 0 aliphatic rings. The molecule has 0 spiro atoms. The van der Waals surface area contributed by atoms with Crippen molar-refractivity contribution in [3.05, 3.63) is 0 Å². The molecule has 78 valence electrons. The molecule has 0 atom stereocenters. The summed E-state index contributed by atoms with van der Waals surface area (Å²) in [5.74, 6) is -1.13. The number of halogens is 2. The van der Waals surface area contributed by atoms with Crippen LogP contribution in [0.2, 0.25) is 0 Å². The summed E-state index contributed by atoms with van der Waals surface area (Å²) < 4.78 is 28.8. The van der Waals surface area contributed by atoms with Gasteiger partial charge in [0.15, 0.2) is 0 Å². The summed E-state index contributed by atoms with van der Waals surface area (Å²) in [6.07, 6.45) is -2.93. The second-order valence-electron chi connectivity index (χ2n) is 2.92. The van der Waals surface area contributed by atoms with Gasteiger partial charge in [0, 0.05) is 19.7 Å². The van der Waals surface area contributed by atoms with Gasteiger partial charge in [-0.3, -0.25) is 4.79 Å². The van der Waals surface area contributed by atoms with Crippen molar-refractivity contribution in [2.24, 2.45) is 0 Å². The molecule has 0 fully saturated rings. The van der Waals surface area contributed by atoms with Crippen LogP contribution >= 0.6 is 0 Å². The zero-order valence-corrected chi connectivity index (χ0v) is 8.09. The Morgan fingerprint density at radius 2 is 2.00 bits per heavy atom. The first-order valence-electron chi connectivity index (χ1n) is 4.08. The van der Waals surface area contributed by atoms with Crippen LogP contribution in [0, 0.1) is 0 Å². The molecule has 0 heterocycles. The molecule has 0 aromatic rings. The van der Waals surface area contributed by atoms with Gasteiger partial charge >= 0.3 is 6.43 Å². The first-order chi connectivity index (χ1) is 6.00. The van der Waals surface area contributed by atoms with Crippen molar-refractivity contribution in [1.29, 1.82) is 0 Å². The second-order valence-corrected chi connectivity index (χ2v) is 2.92. The van der Waals surface area contributed by atoms with Crippen molar-refractivity contribution < 1.29 is 18.3 Å². The molecule has 0 N–H and O–H groups in total. The van der Waals surface area contributed by atoms with Crippen molar-refractivity contribution in [2.75, 3.05) is 20.3 Å². The maximum atomic E-state index is 12.0. The Morgan fingerprint density at radius 3 is 2.31 bits per heavy atom. The SMILES string of the molecule is COCCN(C(=O)C(F)F)C(C)C. The fraction of sp³-hybridized carbons (Fsp3) is 0.875. The van der Waals surface area contributed by atoms with Crippen molar-refractivity contribution in [1.82, 2.24) is 4.90 Å². The molecule has 13 heavy (non-hydrogen) atoms. The third-order valence-corrected chi connectivity index (χ3v) is 1.63. The molecule has 0 rings (SSSR count). The van der Waals surface area contributed by atoms with Gasteiger partial charge in [0.05, 0.1) is 6.61 Å². The fourth-order valence-corrected chi connectivity index (χ4v) is 0.938. The summed E-state index contributed by atoms with van der Waals surface area (Å²) in [5, 5.41) is 0. The van der Waals surface area contributed by atoms with Gasteiger partial charge in [0.25, 0.3) is 5.91 Å². The van der Waals surface area contributed by atoms with E-state index in [1.54, 1.807) is 13.8 Å². The van der Waals surface area contributed by atoms with Gasteiger partial charge in [-0.15, -0.1) is 0 Å². The summed E-state index contributed by atoms with van der Waals surface area (Å²) in [5.41, 5.74) is 0. The maximum Gasteiger partial charge on any atom is 0.315 e. The molecule has 0 saturated heterocycles. The van der Waals surface area contributed by atoms with Crippen LogP contribution in [0.15, 0.2) is 0 Å². The lowest BCUT2D eigenvalue weighted by Crippen LogP contribution is -2.42. The average Bonchev–Trinajstić information content (AvgIpc) is 2.04. The predicted molar refractivity (Wildman–Crippen MR) is 44.7 cm³/mol. The number of hydrogen-bond acceptors (Lipinski definition) is 2. The molecule has 1 amide bonds. The quantitative estimate of drug-likeness (QED) is 0.658. The van der Waals surface area contributed by atoms with E-state index < -0.39 is 12.3 Å². The van der Waals surface area contributed by atoms with Gasteiger partial charge in [-0.05, 0) is 13.8 Å². The van der Waals surface area contributed by atoms with Gasteiger partial charge in [0.1, 0.15) is 0 Å². The first kappa shape index (κ1) is 12.3. The number of alkyl halides is 2. The Bertz CT molecular complexity index is 162. The summed E-state index contributed by atoms with van der Waals surface area (Å²) >= 11 is 0. The smallest absolute Gasteiger partial charge is 0.315 e. The number of nitrogens with zero attached hydrogens (tertiary/aromatic N) is 1. The summed E-state index contributed by atoms with van der Waals surface area (Å²) in [7, 11) is 1.46. The lowest BCUT2D eigenvalue weighted by Gasteiger charge is -2.25. The lowest BCUT2D eigenvalue weighted by atomic mass is 10.3. The van der Waals surface area contributed by atoms with E-state index >= 15 is 0 Å². The molecule has 0 bridgehead atoms. The molecule has 3 nitrogen and oxygen atoms in total. The van der Waals surface area contributed by atoms with E-state index in [0.29, 0.717) is 0 Å². The third-order valence-electron chi connectivity index (χ3n) is 1.63. The Labute approximate surface area is 76.7 Å². The number of ether oxygens (including phenoxy) is 1. The van der Waals surface area contributed by atoms with Crippen molar-refractivity contribution in [3.8, 4) is 0 Å². The normalized spacial score (nSPS) is 11.0. The van der Waals surface area contributed by atoms with Crippen LogP contribution in [0.25, 0.3) is 0 Å². The van der Waals surface area contributed by atoms with Crippen LogP contribution in [0.4, 0.5) is 8.78 Å².